The fourth-order valence-electron chi connectivity index (χ4n) is 0. The summed E-state index contributed by atoms with van der Waals surface area (Å²) >= 11 is 4.85. The minimum Gasteiger partial charge on any atom is -0.299 e. The molecule has 0 aromatic rings. The number of hydrogen-bond acceptors (Lipinski definition) is 1. The second-order valence-electron chi connectivity index (χ2n) is 0.651. The highest BCUT2D eigenvalue weighted by atomic mass is 35.5. The van der Waals surface area contributed by atoms with E-state index in [1.54, 1.807) is 0 Å². The van der Waals surface area contributed by atoms with Crippen LogP contribution < -0.4 is 0 Å². The van der Waals surface area contributed by atoms with E-state index in [1.165, 1.54) is 0 Å². The van der Waals surface area contributed by atoms with E-state index in [4.69, 9.17) is 14.3 Å². The first kappa shape index (κ1) is 2.19. The summed E-state index contributed by atoms with van der Waals surface area (Å²) in [4.78, 5) is 9.96. The Morgan fingerprint density at radius 3 is 2.60 bits per heavy atom. The molecule has 30 valence electrons. The lowest BCUT2D eigenvalue weighted by atomic mass is 10.5. The molecule has 0 rings (SSSR count). The van der Waals surface area contributed by atoms with Gasteiger partial charge in [0, 0.05) is 0 Å². The predicted molar refractivity (Wildman–Crippen MR) is 21.4 cm³/mol. The topological polar surface area (TPSA) is 17.1 Å². The van der Waals surface area contributed by atoms with Crippen molar-refractivity contribution in [2.75, 3.05) is 5.83 Å². The number of alkyl halides is 1. The van der Waals surface area contributed by atoms with Crippen molar-refractivity contribution in [2.24, 2.45) is 0 Å². The number of rotatable bonds is 1. The lowest BCUT2D eigenvalue weighted by Gasteiger charge is -1.69. The number of halogens is 1. The molecule has 0 aromatic carbocycles. The highest BCUT2D eigenvalue weighted by Crippen LogP contribution is 1.71. The van der Waals surface area contributed by atoms with Crippen LogP contribution in [0.25, 0.3) is 0 Å². The molecule has 0 aliphatic rings. The summed E-state index contributed by atoms with van der Waals surface area (Å²) in [6.07, 6.45) is 0. The lowest BCUT2D eigenvalue weighted by Crippen LogP contribution is -1.86. The molecule has 0 saturated heterocycles. The van der Waals surface area contributed by atoms with Crippen molar-refractivity contribution in [3.63, 3.8) is 0 Å². The van der Waals surface area contributed by atoms with Gasteiger partial charge in [0.25, 0.3) is 0 Å². The van der Waals surface area contributed by atoms with E-state index in [0.717, 1.165) is 6.92 Å². The third kappa shape index (κ3) is 3.96. The average Bonchev–Trinajstić information content (AvgIpc) is 1.31. The highest BCUT2D eigenvalue weighted by molar-refractivity contribution is 6.27. The van der Waals surface area contributed by atoms with E-state index >= 15 is 0 Å². The number of hydrogen-bond donors (Lipinski definition) is 0. The maximum absolute atomic E-state index is 9.96. The van der Waals surface area contributed by atoms with Crippen molar-refractivity contribution < 1.29 is 7.54 Å². The van der Waals surface area contributed by atoms with Crippen LogP contribution in [0.5, 0.6) is 0 Å². The molecule has 0 fully saturated rings. The quantitative estimate of drug-likeness (QED) is 0.440. The first-order valence-corrected chi connectivity index (χ1v) is 1.52. The van der Waals surface area contributed by atoms with Crippen molar-refractivity contribution in [3.8, 4) is 0 Å². The van der Waals surface area contributed by atoms with Crippen LogP contribution in [0.1, 0.15) is 9.67 Å². The Bertz CT molecular complexity index is 85.4. The van der Waals surface area contributed by atoms with Gasteiger partial charge in [-0.25, -0.2) is 0 Å². The fourth-order valence-corrected chi connectivity index (χ4v) is 0. The Morgan fingerprint density at radius 2 is 2.60 bits per heavy atom. The first-order valence-electron chi connectivity index (χ1n) is 2.14. The van der Waals surface area contributed by atoms with Crippen LogP contribution in [-0.2, 0) is 4.79 Å². The molecular formula is C3H5ClO. The maximum Gasteiger partial charge on any atom is 0.144 e. The summed E-state index contributed by atoms with van der Waals surface area (Å²) in [7, 11) is 0. The van der Waals surface area contributed by atoms with Gasteiger partial charge in [-0.05, 0) is 6.92 Å². The molecule has 0 unspecified atom stereocenters. The Hall–Kier alpha value is -0.0400. The minimum atomic E-state index is -2.17. The number of Topliss-reactive ketones (excluding diaryl/α,β-unsaturated/α-hetero) is 1. The van der Waals surface area contributed by atoms with Gasteiger partial charge in [0.05, 0.1) is 8.57 Å². The maximum atomic E-state index is 9.96. The Morgan fingerprint density at radius 1 is 2.40 bits per heavy atom. The van der Waals surface area contributed by atoms with E-state index in [2.05, 4.69) is 0 Å². The first-order chi connectivity index (χ1) is 2.94. The lowest BCUT2D eigenvalue weighted by molar-refractivity contribution is -0.114. The van der Waals surface area contributed by atoms with Gasteiger partial charge in [-0.3, -0.25) is 4.79 Å². The smallest absolute Gasteiger partial charge is 0.144 e. The molecule has 0 spiro atoms. The molecule has 0 aliphatic carbocycles. The van der Waals surface area contributed by atoms with Gasteiger partial charge in [0.15, 0.2) is 0 Å². The monoisotopic (exact) mass is 94.0 g/mol. The van der Waals surface area contributed by atoms with Crippen LogP contribution in [0.2, 0.25) is 0 Å². The summed E-state index contributed by atoms with van der Waals surface area (Å²) in [5, 5.41) is 0. The number of carbonyl (C=O) groups excluding carboxylic acids is 1. The number of ketones is 1. The fraction of sp³-hybridized carbons (Fsp3) is 0.667. The number of carbonyl (C=O) groups is 1. The van der Waals surface area contributed by atoms with Gasteiger partial charge in [-0.1, -0.05) is 0 Å². The molecule has 0 amide bonds. The van der Waals surface area contributed by atoms with Gasteiger partial charge in [0.2, 0.25) is 0 Å². The summed E-state index contributed by atoms with van der Waals surface area (Å²) in [5.41, 5.74) is 0. The average molecular weight is 94.5 g/mol. The summed E-state index contributed by atoms with van der Waals surface area (Å²) in [6.45, 7) is 1.10. The third-order valence-corrected chi connectivity index (χ3v) is 0.399. The summed E-state index contributed by atoms with van der Waals surface area (Å²) < 4.78 is 12.9. The van der Waals surface area contributed by atoms with Crippen molar-refractivity contribution in [1.82, 2.24) is 0 Å². The van der Waals surface area contributed by atoms with Gasteiger partial charge in [-0.15, -0.1) is 11.6 Å². The molecule has 0 radical (unpaired) electrons. The minimum absolute atomic E-state index is 0.658. The van der Waals surface area contributed by atoms with E-state index in [0.29, 0.717) is 0 Å². The second-order valence-corrected chi connectivity index (χ2v) is 0.840. The van der Waals surface area contributed by atoms with Gasteiger partial charge in [-0.2, -0.15) is 0 Å². The van der Waals surface area contributed by atoms with Crippen LogP contribution in [-0.4, -0.2) is 11.6 Å². The molecule has 0 bridgehead atoms. The summed E-state index contributed by atoms with van der Waals surface area (Å²) in [6, 6.07) is 0. The zero-order valence-corrected chi connectivity index (χ0v) is 3.54. The van der Waals surface area contributed by atoms with E-state index in [1.807, 2.05) is 0 Å². The van der Waals surface area contributed by atoms with Crippen LogP contribution in [0.15, 0.2) is 0 Å². The van der Waals surface area contributed by atoms with E-state index < -0.39 is 11.6 Å². The molecular weight excluding hydrogens is 87.5 g/mol. The predicted octanol–water partition coefficient (Wildman–Crippen LogP) is 0.814. The van der Waals surface area contributed by atoms with Crippen LogP contribution in [0.3, 0.4) is 0 Å². The molecule has 0 N–H and O–H groups in total. The summed E-state index contributed by atoms with van der Waals surface area (Å²) in [5.74, 6) is -2.82. The van der Waals surface area contributed by atoms with Gasteiger partial charge in [0.1, 0.15) is 5.78 Å². The van der Waals surface area contributed by atoms with Crippen molar-refractivity contribution >= 4 is 17.4 Å². The Balaban J connectivity index is 3.79. The molecule has 0 saturated carbocycles. The van der Waals surface area contributed by atoms with Crippen molar-refractivity contribution in [1.29, 1.82) is 0 Å². The zero-order chi connectivity index (χ0) is 6.08. The zero-order valence-electron chi connectivity index (χ0n) is 4.79. The van der Waals surface area contributed by atoms with E-state index in [9.17, 15) is 4.79 Å². The van der Waals surface area contributed by atoms with Crippen molar-refractivity contribution in [2.45, 2.75) is 6.92 Å². The van der Waals surface area contributed by atoms with E-state index in [-0.39, 0.29) is 0 Å². The Kier molecular flexibility index (Phi) is 0.969. The van der Waals surface area contributed by atoms with Crippen molar-refractivity contribution in [3.05, 3.63) is 0 Å². The molecule has 0 aromatic heterocycles. The molecule has 0 heterocycles. The molecule has 1 nitrogen and oxygen atoms in total. The second kappa shape index (κ2) is 2.21. The molecule has 0 atom stereocenters. The Labute approximate surface area is 38.7 Å². The SMILES string of the molecule is [2H]C([2H])(Cl)C(C)=O. The van der Waals surface area contributed by atoms with Crippen LogP contribution in [0.4, 0.5) is 0 Å². The normalized spacial score (nSPS) is 16.4. The van der Waals surface area contributed by atoms with Crippen LogP contribution >= 0.6 is 11.6 Å². The highest BCUT2D eigenvalue weighted by Gasteiger charge is 1.79. The molecule has 2 heteroatoms. The molecule has 0 aliphatic heterocycles. The molecule has 5 heavy (non-hydrogen) atoms. The van der Waals surface area contributed by atoms with Crippen LogP contribution in [0, 0.1) is 0 Å². The largest absolute Gasteiger partial charge is 0.299 e. The van der Waals surface area contributed by atoms with Gasteiger partial charge < -0.3 is 0 Å². The van der Waals surface area contributed by atoms with Gasteiger partial charge >= 0.3 is 0 Å². The third-order valence-electron chi connectivity index (χ3n) is 0.133. The standard InChI is InChI=1S/C3H5ClO/c1-3(5)2-4/h2H2,1H3/i2D2.